The molecule has 1 aliphatic rings. The Kier molecular flexibility index (Phi) is 11.3. The number of guanidine groups is 1. The van der Waals surface area contributed by atoms with Crippen molar-refractivity contribution < 1.29 is 22.7 Å². The number of carbonyl (C=O) groups excluding carboxylic acids is 1. The summed E-state index contributed by atoms with van der Waals surface area (Å²) in [4.78, 5) is 18.5. The maximum atomic E-state index is 12.5. The molecule has 0 atom stereocenters. The van der Waals surface area contributed by atoms with Crippen molar-refractivity contribution in [2.45, 2.75) is 45.8 Å². The number of ether oxygens (including phenoxy) is 1. The Labute approximate surface area is 192 Å². The van der Waals surface area contributed by atoms with Gasteiger partial charge in [-0.2, -0.15) is 13.2 Å². The molecule has 2 rings (SSSR count). The van der Waals surface area contributed by atoms with Gasteiger partial charge in [0.1, 0.15) is 5.75 Å². The third-order valence-electron chi connectivity index (χ3n) is 4.48. The minimum Gasteiger partial charge on any atom is -0.484 e. The van der Waals surface area contributed by atoms with E-state index < -0.39 is 12.8 Å². The van der Waals surface area contributed by atoms with Crippen molar-refractivity contribution >= 4 is 35.8 Å². The first-order chi connectivity index (χ1) is 13.8. The quantitative estimate of drug-likeness (QED) is 0.314. The van der Waals surface area contributed by atoms with E-state index in [1.165, 1.54) is 0 Å². The Balaban J connectivity index is 0.00000450. The lowest BCUT2D eigenvalue weighted by atomic mass is 10.1. The van der Waals surface area contributed by atoms with Crippen LogP contribution < -0.4 is 15.4 Å². The van der Waals surface area contributed by atoms with E-state index in [9.17, 15) is 18.0 Å². The van der Waals surface area contributed by atoms with E-state index in [1.54, 1.807) is 25.1 Å². The molecule has 0 unspecified atom stereocenters. The molecule has 1 aromatic rings. The number of halogens is 4. The zero-order chi connectivity index (χ0) is 21.3. The van der Waals surface area contributed by atoms with Crippen LogP contribution in [0.2, 0.25) is 0 Å². The molecule has 0 spiro atoms. The van der Waals surface area contributed by atoms with Crippen molar-refractivity contribution in [3.8, 4) is 5.75 Å². The fraction of sp³-hybridized carbons (Fsp3) is 0.600. The molecule has 1 amide bonds. The summed E-state index contributed by atoms with van der Waals surface area (Å²) in [6, 6.07) is 5.06. The van der Waals surface area contributed by atoms with Crippen LogP contribution in [0.25, 0.3) is 0 Å². The second kappa shape index (κ2) is 12.9. The molecule has 2 N–H and O–H groups in total. The smallest absolute Gasteiger partial charge is 0.422 e. The van der Waals surface area contributed by atoms with Gasteiger partial charge in [-0.05, 0) is 44.7 Å². The van der Waals surface area contributed by atoms with Crippen LogP contribution in [-0.2, 0) is 11.3 Å². The van der Waals surface area contributed by atoms with Gasteiger partial charge in [-0.1, -0.05) is 12.1 Å². The number of amides is 1. The van der Waals surface area contributed by atoms with E-state index in [-0.39, 0.29) is 48.7 Å². The van der Waals surface area contributed by atoms with Gasteiger partial charge in [0.25, 0.3) is 0 Å². The zero-order valence-corrected chi connectivity index (χ0v) is 19.7. The normalized spacial score (nSPS) is 14.7. The number of nitrogens with one attached hydrogen (secondary N) is 2. The highest BCUT2D eigenvalue weighted by molar-refractivity contribution is 14.0. The standard InChI is InChI=1S/C20H29F3N4O2.HI/c1-3-24-19(26-13-18(28)27-9-5-4-6-10-27)25-12-16-8-7-15(2)11-17(16)29-14-20(21,22)23;/h7-8,11H,3-6,9-10,12-14H2,1-2H3,(H2,24,25,26);1H. The van der Waals surface area contributed by atoms with Crippen molar-refractivity contribution in [1.29, 1.82) is 0 Å². The average Bonchev–Trinajstić information content (AvgIpc) is 2.69. The largest absolute Gasteiger partial charge is 0.484 e. The Morgan fingerprint density at radius 2 is 1.90 bits per heavy atom. The molecule has 0 radical (unpaired) electrons. The number of alkyl halides is 3. The summed E-state index contributed by atoms with van der Waals surface area (Å²) in [5, 5.41) is 6.05. The second-order valence-corrected chi connectivity index (χ2v) is 7.01. The maximum absolute atomic E-state index is 12.5. The molecule has 1 aliphatic heterocycles. The second-order valence-electron chi connectivity index (χ2n) is 7.01. The molecule has 10 heteroatoms. The van der Waals surface area contributed by atoms with Gasteiger partial charge in [-0.15, -0.1) is 24.0 Å². The third kappa shape index (κ3) is 9.40. The summed E-state index contributed by atoms with van der Waals surface area (Å²) >= 11 is 0. The predicted molar refractivity (Wildman–Crippen MR) is 121 cm³/mol. The summed E-state index contributed by atoms with van der Waals surface area (Å²) in [7, 11) is 0. The summed E-state index contributed by atoms with van der Waals surface area (Å²) in [5.74, 6) is 0.603. The number of benzene rings is 1. The van der Waals surface area contributed by atoms with E-state index in [2.05, 4.69) is 15.6 Å². The lowest BCUT2D eigenvalue weighted by molar-refractivity contribution is -0.153. The molecule has 0 saturated carbocycles. The molecule has 0 aliphatic carbocycles. The SMILES string of the molecule is CCNC(=NCc1ccc(C)cc1OCC(F)(F)F)NCC(=O)N1CCCCC1.I. The third-order valence-corrected chi connectivity index (χ3v) is 4.48. The number of hydrogen-bond donors (Lipinski definition) is 2. The highest BCUT2D eigenvalue weighted by Gasteiger charge is 2.28. The van der Waals surface area contributed by atoms with Crippen molar-refractivity contribution in [2.75, 3.05) is 32.8 Å². The predicted octanol–water partition coefficient (Wildman–Crippen LogP) is 3.62. The van der Waals surface area contributed by atoms with Gasteiger partial charge in [-0.25, -0.2) is 4.99 Å². The molecule has 0 aromatic heterocycles. The van der Waals surface area contributed by atoms with E-state index in [4.69, 9.17) is 4.74 Å². The molecule has 1 fully saturated rings. The van der Waals surface area contributed by atoms with Crippen molar-refractivity contribution in [1.82, 2.24) is 15.5 Å². The Morgan fingerprint density at radius 1 is 1.20 bits per heavy atom. The monoisotopic (exact) mass is 542 g/mol. The Morgan fingerprint density at radius 3 is 2.53 bits per heavy atom. The van der Waals surface area contributed by atoms with E-state index >= 15 is 0 Å². The van der Waals surface area contributed by atoms with E-state index in [0.717, 1.165) is 37.9 Å². The molecular weight excluding hydrogens is 512 g/mol. The molecule has 1 aromatic carbocycles. The summed E-state index contributed by atoms with van der Waals surface area (Å²) in [5.41, 5.74) is 1.34. The number of hydrogen-bond acceptors (Lipinski definition) is 3. The van der Waals surface area contributed by atoms with Crippen LogP contribution in [0.1, 0.15) is 37.3 Å². The molecule has 1 saturated heterocycles. The van der Waals surface area contributed by atoms with Gasteiger partial charge < -0.3 is 20.3 Å². The van der Waals surface area contributed by atoms with Crippen LogP contribution in [0, 0.1) is 6.92 Å². The van der Waals surface area contributed by atoms with Gasteiger partial charge in [0.2, 0.25) is 5.91 Å². The van der Waals surface area contributed by atoms with Crippen LogP contribution in [0.15, 0.2) is 23.2 Å². The first-order valence-corrected chi connectivity index (χ1v) is 9.87. The molecule has 170 valence electrons. The fourth-order valence-corrected chi connectivity index (χ4v) is 3.01. The summed E-state index contributed by atoms with van der Waals surface area (Å²) in [6.45, 7) is 4.72. The number of nitrogens with zero attached hydrogens (tertiary/aromatic N) is 2. The highest BCUT2D eigenvalue weighted by Crippen LogP contribution is 2.24. The number of carbonyl (C=O) groups is 1. The minimum atomic E-state index is -4.41. The van der Waals surface area contributed by atoms with Crippen molar-refractivity contribution in [3.63, 3.8) is 0 Å². The average molecular weight is 542 g/mol. The fourth-order valence-electron chi connectivity index (χ4n) is 3.01. The minimum absolute atomic E-state index is 0. The maximum Gasteiger partial charge on any atom is 0.422 e. The van der Waals surface area contributed by atoms with Gasteiger partial charge in [0, 0.05) is 25.2 Å². The van der Waals surface area contributed by atoms with Crippen molar-refractivity contribution in [3.05, 3.63) is 29.3 Å². The van der Waals surface area contributed by atoms with Crippen LogP contribution in [0.5, 0.6) is 5.75 Å². The molecule has 0 bridgehead atoms. The summed E-state index contributed by atoms with van der Waals surface area (Å²) in [6.07, 6.45) is -1.21. The number of aliphatic imine (C=N–C) groups is 1. The molecule has 30 heavy (non-hydrogen) atoms. The van der Waals surface area contributed by atoms with Gasteiger partial charge >= 0.3 is 6.18 Å². The van der Waals surface area contributed by atoms with Gasteiger partial charge in [-0.3, -0.25) is 4.79 Å². The zero-order valence-electron chi connectivity index (χ0n) is 17.3. The van der Waals surface area contributed by atoms with Crippen LogP contribution >= 0.6 is 24.0 Å². The van der Waals surface area contributed by atoms with Gasteiger partial charge in [0.05, 0.1) is 13.1 Å². The lowest BCUT2D eigenvalue weighted by Crippen LogP contribution is -2.46. The topological polar surface area (TPSA) is 66.0 Å². The van der Waals surface area contributed by atoms with E-state index in [0.29, 0.717) is 18.1 Å². The van der Waals surface area contributed by atoms with Crippen molar-refractivity contribution in [2.24, 2.45) is 4.99 Å². The number of rotatable bonds is 7. The van der Waals surface area contributed by atoms with Gasteiger partial charge in [0.15, 0.2) is 12.6 Å². The van der Waals surface area contributed by atoms with Crippen LogP contribution in [-0.4, -0.2) is 55.7 Å². The first-order valence-electron chi connectivity index (χ1n) is 9.87. The summed E-state index contributed by atoms with van der Waals surface area (Å²) < 4.78 is 42.5. The number of aryl methyl sites for hydroxylation is 1. The molecule has 1 heterocycles. The van der Waals surface area contributed by atoms with Crippen LogP contribution in [0.4, 0.5) is 13.2 Å². The first kappa shape index (κ1) is 26.3. The Bertz CT molecular complexity index is 708. The lowest BCUT2D eigenvalue weighted by Gasteiger charge is -2.27. The Hall–Kier alpha value is -1.72. The van der Waals surface area contributed by atoms with E-state index in [1.807, 2.05) is 11.8 Å². The molecular formula is C20H30F3IN4O2. The highest BCUT2D eigenvalue weighted by atomic mass is 127. The van der Waals surface area contributed by atoms with Crippen LogP contribution in [0.3, 0.4) is 0 Å². The number of piperidine rings is 1. The molecule has 6 nitrogen and oxygen atoms in total. The number of likely N-dealkylation sites (tertiary alicyclic amines) is 1.